The first-order valence-corrected chi connectivity index (χ1v) is 14.1. The van der Waals surface area contributed by atoms with Gasteiger partial charge in [0.05, 0.1) is 10.2 Å². The van der Waals surface area contributed by atoms with E-state index in [0.29, 0.717) is 39.9 Å². The topological polar surface area (TPSA) is 83.3 Å². The number of halogens is 2. The predicted octanol–water partition coefficient (Wildman–Crippen LogP) is 6.53. The van der Waals surface area contributed by atoms with Crippen LogP contribution in [0.5, 0.6) is 5.75 Å². The third kappa shape index (κ3) is 4.97. The van der Waals surface area contributed by atoms with E-state index in [9.17, 15) is 14.3 Å². The Morgan fingerprint density at radius 1 is 1.44 bits per heavy atom. The second kappa shape index (κ2) is 10.9. The Bertz CT molecular complexity index is 1120. The lowest BCUT2D eigenvalue weighted by Crippen LogP contribution is -2.44. The average Bonchev–Trinajstić information content (AvgIpc) is 3.12. The number of aromatic hydroxyl groups is 1. The lowest BCUT2D eigenvalue weighted by molar-refractivity contribution is -0.120. The van der Waals surface area contributed by atoms with Crippen molar-refractivity contribution in [3.05, 3.63) is 39.0 Å². The molecule has 5 unspecified atom stereocenters. The Hall–Kier alpha value is -1.87. The van der Waals surface area contributed by atoms with Crippen molar-refractivity contribution >= 4 is 44.5 Å². The number of amidine groups is 1. The third-order valence-electron chi connectivity index (χ3n) is 8.43. The molecule has 1 amide bonds. The Morgan fingerprint density at radius 3 is 2.86 bits per heavy atom. The number of fused-ring (bicyclic) bond motifs is 5. The van der Waals surface area contributed by atoms with Gasteiger partial charge in [0.2, 0.25) is 5.91 Å². The number of hydrogen-bond donors (Lipinski definition) is 2. The maximum atomic E-state index is 14.9. The van der Waals surface area contributed by atoms with Gasteiger partial charge in [-0.25, -0.2) is 4.39 Å². The van der Waals surface area contributed by atoms with Gasteiger partial charge in [0.25, 0.3) is 0 Å². The van der Waals surface area contributed by atoms with E-state index in [1.54, 1.807) is 14.2 Å². The van der Waals surface area contributed by atoms with Gasteiger partial charge in [-0.2, -0.15) is 0 Å². The summed E-state index contributed by atoms with van der Waals surface area (Å²) in [6.45, 7) is 8.05. The van der Waals surface area contributed by atoms with E-state index < -0.39 is 5.82 Å². The second-order valence-electron chi connectivity index (χ2n) is 10.5. The fourth-order valence-corrected chi connectivity index (χ4v) is 8.03. The van der Waals surface area contributed by atoms with E-state index in [1.807, 2.05) is 13.0 Å². The molecule has 3 aliphatic rings. The summed E-state index contributed by atoms with van der Waals surface area (Å²) >= 11 is 4.70. The van der Waals surface area contributed by atoms with Crippen molar-refractivity contribution in [2.24, 2.45) is 33.3 Å². The molecule has 196 valence electrons. The van der Waals surface area contributed by atoms with Crippen LogP contribution < -0.4 is 5.32 Å². The normalized spacial score (nSPS) is 30.4. The van der Waals surface area contributed by atoms with E-state index in [1.165, 1.54) is 11.8 Å². The highest BCUT2D eigenvalue weighted by molar-refractivity contribution is 9.10. The number of rotatable bonds is 5. The SMILES string of the molecule is C=C(C)SC(=NC)NC(=O)CCC1C/C(=N\OC)C2(C)CCC3c4cc(Br)c(O)c(F)c4CCC3C12. The van der Waals surface area contributed by atoms with E-state index in [-0.39, 0.29) is 28.9 Å². The molecule has 0 radical (unpaired) electrons. The second-order valence-corrected chi connectivity index (χ2v) is 12.6. The minimum atomic E-state index is -0.492. The molecule has 0 saturated heterocycles. The number of oxime groups is 1. The largest absolute Gasteiger partial charge is 0.504 e. The zero-order chi connectivity index (χ0) is 26.2. The molecular weight excluding hydrogens is 545 g/mol. The van der Waals surface area contributed by atoms with Crippen LogP contribution in [-0.2, 0) is 16.1 Å². The molecule has 36 heavy (non-hydrogen) atoms. The molecule has 5 atom stereocenters. The summed E-state index contributed by atoms with van der Waals surface area (Å²) in [6.07, 6.45) is 5.29. The number of nitrogens with one attached hydrogen (secondary N) is 1. The Kier molecular flexibility index (Phi) is 8.19. The Morgan fingerprint density at radius 2 is 2.19 bits per heavy atom. The quantitative estimate of drug-likeness (QED) is 0.236. The van der Waals surface area contributed by atoms with E-state index in [0.717, 1.165) is 48.3 Å². The summed E-state index contributed by atoms with van der Waals surface area (Å²) in [4.78, 5) is 23.1. The maximum Gasteiger partial charge on any atom is 0.225 e. The minimum absolute atomic E-state index is 0.0500. The highest BCUT2D eigenvalue weighted by atomic mass is 79.9. The lowest BCUT2D eigenvalue weighted by atomic mass is 9.54. The van der Waals surface area contributed by atoms with Gasteiger partial charge in [-0.3, -0.25) is 9.79 Å². The standard InChI is InChI=1S/C27H35BrFN3O3S/c1-14(2)36-26(30-4)31-22(33)9-6-15-12-21(32-35-5)27(3)11-10-16-17(23(15)27)7-8-18-19(16)13-20(28)25(34)24(18)29/h13,15-17,23,34H,1,6-12H2,2-5H3,(H,30,31,33)/b32-21+. The zero-order valence-corrected chi connectivity index (χ0v) is 23.8. The summed E-state index contributed by atoms with van der Waals surface area (Å²) in [7, 11) is 3.25. The fraction of sp³-hybridized carbons (Fsp3) is 0.593. The molecule has 1 aromatic rings. The van der Waals surface area contributed by atoms with Crippen molar-refractivity contribution < 1.29 is 19.1 Å². The molecule has 0 aromatic heterocycles. The average molecular weight is 581 g/mol. The summed E-state index contributed by atoms with van der Waals surface area (Å²) in [5, 5.41) is 18.1. The molecule has 2 fully saturated rings. The van der Waals surface area contributed by atoms with Crippen LogP contribution in [0, 0.1) is 29.0 Å². The van der Waals surface area contributed by atoms with Crippen molar-refractivity contribution in [2.75, 3.05) is 14.2 Å². The van der Waals surface area contributed by atoms with Crippen molar-refractivity contribution in [3.8, 4) is 5.75 Å². The van der Waals surface area contributed by atoms with Gasteiger partial charge in [-0.05, 0) is 107 Å². The molecule has 4 rings (SSSR count). The van der Waals surface area contributed by atoms with Gasteiger partial charge in [0.15, 0.2) is 16.7 Å². The van der Waals surface area contributed by atoms with Crippen molar-refractivity contribution in [1.29, 1.82) is 0 Å². The van der Waals surface area contributed by atoms with Gasteiger partial charge < -0.3 is 15.3 Å². The molecule has 0 heterocycles. The van der Waals surface area contributed by atoms with Crippen LogP contribution in [0.2, 0.25) is 0 Å². The molecular formula is C27H35BrFN3O3S. The number of phenols is 1. The van der Waals surface area contributed by atoms with E-state index >= 15 is 0 Å². The lowest BCUT2D eigenvalue weighted by Gasteiger charge is -2.50. The van der Waals surface area contributed by atoms with Crippen LogP contribution >= 0.6 is 27.7 Å². The molecule has 0 spiro atoms. The zero-order valence-electron chi connectivity index (χ0n) is 21.4. The Labute approximate surface area is 225 Å². The summed E-state index contributed by atoms with van der Waals surface area (Å²) in [6, 6.07) is 1.92. The molecule has 3 aliphatic carbocycles. The maximum absolute atomic E-state index is 14.9. The van der Waals surface area contributed by atoms with Gasteiger partial charge in [-0.1, -0.05) is 30.4 Å². The number of phenolic OH excluding ortho intramolecular Hbond substituents is 1. The number of carbonyl (C=O) groups is 1. The smallest absolute Gasteiger partial charge is 0.225 e. The first-order valence-electron chi connectivity index (χ1n) is 12.5. The van der Waals surface area contributed by atoms with Crippen molar-refractivity contribution in [1.82, 2.24) is 5.32 Å². The first kappa shape index (κ1) is 27.2. The third-order valence-corrected chi connectivity index (χ3v) is 9.86. The number of hydrogen-bond acceptors (Lipinski definition) is 6. The molecule has 0 aliphatic heterocycles. The number of allylic oxidation sites excluding steroid dienone is 1. The number of thioether (sulfide) groups is 1. The first-order chi connectivity index (χ1) is 17.1. The summed E-state index contributed by atoms with van der Waals surface area (Å²) < 4.78 is 15.3. The van der Waals surface area contributed by atoms with Crippen molar-refractivity contribution in [3.63, 3.8) is 0 Å². The molecule has 6 nitrogen and oxygen atoms in total. The van der Waals surface area contributed by atoms with Crippen molar-refractivity contribution in [2.45, 2.75) is 64.7 Å². The number of carbonyl (C=O) groups excluding carboxylic acids is 1. The monoisotopic (exact) mass is 579 g/mol. The van der Waals surface area contributed by atoms with Crippen LogP contribution in [0.15, 0.2) is 32.2 Å². The molecule has 1 aromatic carbocycles. The number of benzene rings is 1. The molecule has 0 bridgehead atoms. The summed E-state index contributed by atoms with van der Waals surface area (Å²) in [5.74, 6) is 0.348. The minimum Gasteiger partial charge on any atom is -0.504 e. The summed E-state index contributed by atoms with van der Waals surface area (Å²) in [5.41, 5.74) is 2.65. The molecule has 2 N–H and O–H groups in total. The van der Waals surface area contributed by atoms with Crippen LogP contribution in [0.1, 0.15) is 69.4 Å². The van der Waals surface area contributed by atoms with E-state index in [2.05, 4.69) is 44.9 Å². The molecule has 2 saturated carbocycles. The van der Waals surface area contributed by atoms with Gasteiger partial charge >= 0.3 is 0 Å². The Balaban J connectivity index is 1.58. The highest BCUT2D eigenvalue weighted by Crippen LogP contribution is 2.63. The number of amides is 1. The van der Waals surface area contributed by atoms with Gasteiger partial charge in [0, 0.05) is 18.9 Å². The number of nitrogens with zero attached hydrogens (tertiary/aromatic N) is 2. The highest BCUT2D eigenvalue weighted by Gasteiger charge is 2.58. The number of aliphatic imine (C=N–C) groups is 1. The van der Waals surface area contributed by atoms with Crippen LogP contribution in [0.4, 0.5) is 4.39 Å². The fourth-order valence-electron chi connectivity index (χ4n) is 7.03. The molecule has 9 heteroatoms. The van der Waals surface area contributed by atoms with Gasteiger partial charge in [0.1, 0.15) is 7.11 Å². The van der Waals surface area contributed by atoms with Crippen LogP contribution in [-0.4, -0.2) is 36.1 Å². The van der Waals surface area contributed by atoms with Crippen LogP contribution in [0.3, 0.4) is 0 Å². The van der Waals surface area contributed by atoms with Gasteiger partial charge in [-0.15, -0.1) is 0 Å². The van der Waals surface area contributed by atoms with E-state index in [4.69, 9.17) is 4.84 Å². The van der Waals surface area contributed by atoms with Crippen LogP contribution in [0.25, 0.3) is 0 Å². The predicted molar refractivity (Wildman–Crippen MR) is 147 cm³/mol.